The van der Waals surface area contributed by atoms with E-state index in [1.807, 2.05) is 13.8 Å². The Kier molecular flexibility index (Phi) is 12.5. The molecule has 0 spiro atoms. The molecule has 2 bridgehead atoms. The fourth-order valence-electron chi connectivity index (χ4n) is 7.59. The molecule has 2 fully saturated rings. The number of rotatable bonds is 11. The Bertz CT molecular complexity index is 1580. The number of aliphatic hydroxyl groups is 1. The second kappa shape index (κ2) is 16.0. The maximum atomic E-state index is 13.7. The molecule has 2 amide bonds. The van der Waals surface area contributed by atoms with Crippen molar-refractivity contribution >= 4 is 39.1 Å². The van der Waals surface area contributed by atoms with E-state index in [2.05, 4.69) is 36.4 Å². The molecule has 3 N–H and O–H groups in total. The first-order valence-corrected chi connectivity index (χ1v) is 17.5. The number of thiazole rings is 1. The van der Waals surface area contributed by atoms with Crippen molar-refractivity contribution in [3.8, 4) is 5.75 Å². The lowest BCUT2D eigenvalue weighted by molar-refractivity contribution is -0.140. The number of halogens is 4. The van der Waals surface area contributed by atoms with Crippen LogP contribution < -0.4 is 15.4 Å². The predicted molar refractivity (Wildman–Crippen MR) is 181 cm³/mol. The summed E-state index contributed by atoms with van der Waals surface area (Å²) in [6.07, 6.45) is 2.17. The molecule has 0 saturated heterocycles. The van der Waals surface area contributed by atoms with Crippen LogP contribution in [0, 0.1) is 42.3 Å². The molecule has 2 aromatic carbocycles. The molecule has 0 radical (unpaired) electrons. The Labute approximate surface area is 283 Å². The summed E-state index contributed by atoms with van der Waals surface area (Å²) in [5.74, 6) is -0.974. The van der Waals surface area contributed by atoms with Gasteiger partial charge in [0.05, 0.1) is 39.9 Å². The predicted octanol–water partition coefficient (Wildman–Crippen LogP) is 8.77. The lowest BCUT2D eigenvalue weighted by atomic mass is 9.83. The summed E-state index contributed by atoms with van der Waals surface area (Å²) < 4.78 is 59.1. The van der Waals surface area contributed by atoms with Gasteiger partial charge >= 0.3 is 6.18 Å². The van der Waals surface area contributed by atoms with Crippen molar-refractivity contribution in [2.45, 2.75) is 97.9 Å². The van der Waals surface area contributed by atoms with Crippen molar-refractivity contribution in [2.24, 2.45) is 29.6 Å². The standard InChI is InChI=1S/C25H23F4N3O3S.C11H24O/c1-11-30-17-7-8-18(35-2)20(22(17)36-11)24(34)32-21-13-4-3-12(9-13)19(21)23(33)31-14-5-6-16(26)15(10-14)25(27,28)29;1-5-6-9(2)7-10(3)8-11(4)12/h5-8,10,12-13,19,21H,3-4,9H2,1-2H3,(H,31,33)(H,32,34);9-12H,5-8H2,1-4H3/t12-,13+,19+,21?;/m1./s1. The number of ether oxygens (including phenoxy) is 1. The highest BCUT2D eigenvalue weighted by Crippen LogP contribution is 2.49. The Hall–Kier alpha value is -3.25. The molecular weight excluding hydrogens is 646 g/mol. The molecule has 1 heterocycles. The summed E-state index contributed by atoms with van der Waals surface area (Å²) >= 11 is 1.37. The molecule has 5 rings (SSSR count). The van der Waals surface area contributed by atoms with Crippen LogP contribution in [-0.4, -0.2) is 41.2 Å². The first kappa shape index (κ1) is 37.6. The number of fused-ring (bicyclic) bond motifs is 3. The zero-order valence-electron chi connectivity index (χ0n) is 28.4. The van der Waals surface area contributed by atoms with Crippen LogP contribution in [-0.2, 0) is 11.0 Å². The molecule has 7 nitrogen and oxygen atoms in total. The zero-order valence-corrected chi connectivity index (χ0v) is 29.2. The minimum Gasteiger partial charge on any atom is -0.496 e. The van der Waals surface area contributed by atoms with E-state index in [0.717, 1.165) is 42.7 Å². The van der Waals surface area contributed by atoms with Crippen molar-refractivity contribution in [1.82, 2.24) is 10.3 Å². The van der Waals surface area contributed by atoms with Gasteiger partial charge in [-0.05, 0) is 100.0 Å². The van der Waals surface area contributed by atoms with Gasteiger partial charge in [0.1, 0.15) is 17.1 Å². The minimum atomic E-state index is -4.89. The second-order valence-corrected chi connectivity index (χ2v) is 14.8. The van der Waals surface area contributed by atoms with Crippen LogP contribution in [0.15, 0.2) is 30.3 Å². The van der Waals surface area contributed by atoms with Gasteiger partial charge in [0, 0.05) is 11.7 Å². The maximum absolute atomic E-state index is 13.7. The van der Waals surface area contributed by atoms with E-state index in [1.54, 1.807) is 12.1 Å². The van der Waals surface area contributed by atoms with Gasteiger partial charge in [-0.25, -0.2) is 9.37 Å². The summed E-state index contributed by atoms with van der Waals surface area (Å²) in [5.41, 5.74) is -0.579. The largest absolute Gasteiger partial charge is 0.496 e. The summed E-state index contributed by atoms with van der Waals surface area (Å²) in [7, 11) is 1.47. The number of carbonyl (C=O) groups excluding carboxylic acids is 2. The molecule has 2 aliphatic carbocycles. The molecule has 12 heteroatoms. The molecule has 1 aromatic heterocycles. The van der Waals surface area contributed by atoms with E-state index in [1.165, 1.54) is 37.7 Å². The van der Waals surface area contributed by atoms with Crippen LogP contribution in [0.2, 0.25) is 0 Å². The van der Waals surface area contributed by atoms with E-state index in [9.17, 15) is 27.2 Å². The maximum Gasteiger partial charge on any atom is 0.419 e. The number of aryl methyl sites for hydroxylation is 1. The van der Waals surface area contributed by atoms with Gasteiger partial charge in [-0.15, -0.1) is 11.3 Å². The van der Waals surface area contributed by atoms with Gasteiger partial charge in [-0.2, -0.15) is 13.2 Å². The van der Waals surface area contributed by atoms with Crippen molar-refractivity contribution < 1.29 is 37.0 Å². The Morgan fingerprint density at radius 2 is 1.79 bits per heavy atom. The number of alkyl halides is 3. The van der Waals surface area contributed by atoms with Crippen LogP contribution in [0.4, 0.5) is 23.2 Å². The average Bonchev–Trinajstić information content (AvgIpc) is 3.71. The third-order valence-electron chi connectivity index (χ3n) is 9.46. The van der Waals surface area contributed by atoms with Crippen LogP contribution in [0.1, 0.15) is 93.6 Å². The van der Waals surface area contributed by atoms with Crippen molar-refractivity contribution in [3.63, 3.8) is 0 Å². The number of anilines is 1. The lowest BCUT2D eigenvalue weighted by Crippen LogP contribution is -2.48. The average molecular weight is 694 g/mol. The van der Waals surface area contributed by atoms with E-state index >= 15 is 0 Å². The number of hydrogen-bond acceptors (Lipinski definition) is 6. The van der Waals surface area contributed by atoms with E-state index in [4.69, 9.17) is 9.84 Å². The smallest absolute Gasteiger partial charge is 0.419 e. The van der Waals surface area contributed by atoms with Crippen LogP contribution in [0.25, 0.3) is 10.2 Å². The number of aromatic nitrogens is 1. The Balaban J connectivity index is 0.000000371. The Morgan fingerprint density at radius 1 is 1.08 bits per heavy atom. The highest BCUT2D eigenvalue weighted by molar-refractivity contribution is 7.19. The number of aliphatic hydroxyl groups excluding tert-OH is 1. The quantitative estimate of drug-likeness (QED) is 0.174. The van der Waals surface area contributed by atoms with Gasteiger partial charge in [0.25, 0.3) is 5.91 Å². The molecule has 4 unspecified atom stereocenters. The van der Waals surface area contributed by atoms with E-state index in [0.29, 0.717) is 39.6 Å². The number of nitrogens with zero attached hydrogens (tertiary/aromatic N) is 1. The summed E-state index contributed by atoms with van der Waals surface area (Å²) in [6.45, 7) is 10.5. The fraction of sp³-hybridized carbons (Fsp3) is 0.583. The summed E-state index contributed by atoms with van der Waals surface area (Å²) in [4.78, 5) is 31.2. The van der Waals surface area contributed by atoms with Crippen molar-refractivity contribution in [1.29, 1.82) is 0 Å². The van der Waals surface area contributed by atoms with Gasteiger partial charge in [0.15, 0.2) is 0 Å². The number of nitrogens with one attached hydrogen (secondary N) is 2. The topological polar surface area (TPSA) is 101 Å². The summed E-state index contributed by atoms with van der Waals surface area (Å²) in [6, 6.07) is 5.33. The number of amides is 2. The molecule has 3 aromatic rings. The zero-order chi connectivity index (χ0) is 35.3. The first-order chi connectivity index (χ1) is 22.6. The SMILES string of the molecule is CCCC(C)CC(C)CC(C)O.COc1ccc2nc(C)sc2c1C(=O)NC1[C@H]2CC[C@H](C2)[C@@H]1C(=O)Nc1ccc(F)c(C(F)(F)F)c1. The lowest BCUT2D eigenvalue weighted by Gasteiger charge is -2.31. The van der Waals surface area contributed by atoms with Crippen molar-refractivity contribution in [2.75, 3.05) is 12.4 Å². The van der Waals surface area contributed by atoms with E-state index < -0.39 is 41.3 Å². The molecular formula is C36H47F4N3O4S. The number of hydrogen-bond donors (Lipinski definition) is 3. The minimum absolute atomic E-state index is 0.00817. The highest BCUT2D eigenvalue weighted by atomic mass is 32.1. The highest BCUT2D eigenvalue weighted by Gasteiger charge is 2.51. The third kappa shape index (κ3) is 9.05. The molecule has 264 valence electrons. The van der Waals surface area contributed by atoms with Crippen LogP contribution >= 0.6 is 11.3 Å². The van der Waals surface area contributed by atoms with Crippen LogP contribution in [0.3, 0.4) is 0 Å². The molecule has 0 aliphatic heterocycles. The number of carbonyl (C=O) groups is 2. The van der Waals surface area contributed by atoms with Crippen LogP contribution in [0.5, 0.6) is 5.75 Å². The van der Waals surface area contributed by atoms with Gasteiger partial charge < -0.3 is 20.5 Å². The van der Waals surface area contributed by atoms with Crippen molar-refractivity contribution in [3.05, 3.63) is 52.3 Å². The number of benzene rings is 2. The molecule has 48 heavy (non-hydrogen) atoms. The fourth-order valence-corrected chi connectivity index (χ4v) is 8.55. The monoisotopic (exact) mass is 693 g/mol. The third-order valence-corrected chi connectivity index (χ3v) is 10.5. The second-order valence-electron chi connectivity index (χ2n) is 13.6. The first-order valence-electron chi connectivity index (χ1n) is 16.7. The molecule has 2 saturated carbocycles. The normalized spacial score (nSPS) is 22.1. The summed E-state index contributed by atoms with van der Waals surface area (Å²) in [5, 5.41) is 15.5. The van der Waals surface area contributed by atoms with Gasteiger partial charge in [0.2, 0.25) is 5.91 Å². The molecule has 2 aliphatic rings. The number of methoxy groups -OCH3 is 1. The van der Waals surface area contributed by atoms with Gasteiger partial charge in [-0.1, -0.05) is 33.6 Å². The van der Waals surface area contributed by atoms with E-state index in [-0.39, 0.29) is 23.6 Å². The Morgan fingerprint density at radius 3 is 2.44 bits per heavy atom. The van der Waals surface area contributed by atoms with Gasteiger partial charge in [-0.3, -0.25) is 9.59 Å². The molecule has 7 atom stereocenters.